The molecule has 1 aromatic rings. The largest absolute Gasteiger partial charge is 0.493 e. The van der Waals surface area contributed by atoms with Crippen molar-refractivity contribution in [2.45, 2.75) is 51.6 Å². The molecule has 2 unspecified atom stereocenters. The van der Waals surface area contributed by atoms with Crippen LogP contribution in [0.2, 0.25) is 0 Å². The van der Waals surface area contributed by atoms with Crippen molar-refractivity contribution in [1.82, 2.24) is 4.90 Å². The van der Waals surface area contributed by atoms with E-state index in [0.717, 1.165) is 30.9 Å². The molecule has 122 valence electrons. The standard InChI is InChI=1S/C19H29NO2/c1-19(2,3)15-7-8-17-16(11-15)18(21)14(13-22-17)12-20-9-5-4-6-10-20/h7-8,11,14,18,21H,4-6,9-10,12-13H2,1-3H3. The summed E-state index contributed by atoms with van der Waals surface area (Å²) >= 11 is 0. The third-order valence-electron chi connectivity index (χ3n) is 5.04. The molecule has 2 aliphatic rings. The number of benzene rings is 1. The van der Waals surface area contributed by atoms with Crippen LogP contribution in [0.15, 0.2) is 18.2 Å². The van der Waals surface area contributed by atoms with Crippen LogP contribution in [-0.4, -0.2) is 36.2 Å². The molecule has 0 bridgehead atoms. The van der Waals surface area contributed by atoms with Crippen LogP contribution in [0.5, 0.6) is 5.75 Å². The Morgan fingerprint density at radius 3 is 2.59 bits per heavy atom. The van der Waals surface area contributed by atoms with E-state index in [1.165, 1.54) is 24.8 Å². The summed E-state index contributed by atoms with van der Waals surface area (Å²) in [6.07, 6.45) is 3.51. The first-order chi connectivity index (χ1) is 10.4. The summed E-state index contributed by atoms with van der Waals surface area (Å²) in [4.78, 5) is 2.49. The number of hydrogen-bond acceptors (Lipinski definition) is 3. The van der Waals surface area contributed by atoms with Crippen molar-refractivity contribution in [2.75, 3.05) is 26.2 Å². The van der Waals surface area contributed by atoms with Gasteiger partial charge in [-0.25, -0.2) is 0 Å². The second-order valence-electron chi connectivity index (χ2n) is 7.88. The molecule has 0 aliphatic carbocycles. The van der Waals surface area contributed by atoms with Crippen molar-refractivity contribution in [3.05, 3.63) is 29.3 Å². The highest BCUT2D eigenvalue weighted by Crippen LogP contribution is 2.38. The average Bonchev–Trinajstić information content (AvgIpc) is 2.50. The second-order valence-corrected chi connectivity index (χ2v) is 7.88. The van der Waals surface area contributed by atoms with Crippen LogP contribution in [-0.2, 0) is 5.41 Å². The molecular weight excluding hydrogens is 274 g/mol. The van der Waals surface area contributed by atoms with Gasteiger partial charge in [-0.1, -0.05) is 33.3 Å². The Morgan fingerprint density at radius 1 is 1.18 bits per heavy atom. The molecule has 1 N–H and O–H groups in total. The number of hydrogen-bond donors (Lipinski definition) is 1. The molecule has 2 aliphatic heterocycles. The lowest BCUT2D eigenvalue weighted by Gasteiger charge is -2.36. The zero-order valence-electron chi connectivity index (χ0n) is 14.1. The zero-order valence-corrected chi connectivity index (χ0v) is 14.1. The van der Waals surface area contributed by atoms with E-state index < -0.39 is 6.10 Å². The predicted molar refractivity (Wildman–Crippen MR) is 89.4 cm³/mol. The molecule has 3 heteroatoms. The minimum absolute atomic E-state index is 0.0918. The first-order valence-corrected chi connectivity index (χ1v) is 8.63. The first-order valence-electron chi connectivity index (χ1n) is 8.63. The van der Waals surface area contributed by atoms with Crippen LogP contribution in [0.1, 0.15) is 57.3 Å². The van der Waals surface area contributed by atoms with E-state index in [2.05, 4.69) is 37.8 Å². The van der Waals surface area contributed by atoms with Gasteiger partial charge in [0.05, 0.1) is 12.7 Å². The van der Waals surface area contributed by atoms with E-state index in [1.807, 2.05) is 6.07 Å². The van der Waals surface area contributed by atoms with Crippen LogP contribution < -0.4 is 4.74 Å². The highest BCUT2D eigenvalue weighted by Gasteiger charge is 2.32. The molecule has 0 spiro atoms. The summed E-state index contributed by atoms with van der Waals surface area (Å²) in [5.41, 5.74) is 2.32. The highest BCUT2D eigenvalue weighted by molar-refractivity contribution is 5.42. The molecule has 1 aromatic carbocycles. The van der Waals surface area contributed by atoms with Crippen LogP contribution >= 0.6 is 0 Å². The van der Waals surface area contributed by atoms with Gasteiger partial charge in [-0.15, -0.1) is 0 Å². The molecule has 22 heavy (non-hydrogen) atoms. The third-order valence-corrected chi connectivity index (χ3v) is 5.04. The number of ether oxygens (including phenoxy) is 1. The summed E-state index contributed by atoms with van der Waals surface area (Å²) in [5, 5.41) is 10.8. The fourth-order valence-corrected chi connectivity index (χ4v) is 3.55. The fourth-order valence-electron chi connectivity index (χ4n) is 3.55. The predicted octanol–water partition coefficient (Wildman–Crippen LogP) is 3.51. The summed E-state index contributed by atoms with van der Waals surface area (Å²) in [6, 6.07) is 6.29. The number of fused-ring (bicyclic) bond motifs is 1. The van der Waals surface area contributed by atoms with Gasteiger partial charge in [-0.2, -0.15) is 0 Å². The van der Waals surface area contributed by atoms with Gasteiger partial charge in [0.2, 0.25) is 0 Å². The maximum Gasteiger partial charge on any atom is 0.125 e. The molecule has 0 aromatic heterocycles. The Morgan fingerprint density at radius 2 is 1.91 bits per heavy atom. The maximum atomic E-state index is 10.8. The summed E-state index contributed by atoms with van der Waals surface area (Å²) in [7, 11) is 0. The van der Waals surface area contributed by atoms with Crippen LogP contribution in [0.25, 0.3) is 0 Å². The summed E-state index contributed by atoms with van der Waals surface area (Å²) < 4.78 is 5.93. The Kier molecular flexibility index (Phi) is 4.47. The molecule has 0 amide bonds. The SMILES string of the molecule is CC(C)(C)c1ccc2c(c1)C(O)C(CN1CCCCC1)CO2. The van der Waals surface area contributed by atoms with E-state index in [4.69, 9.17) is 4.74 Å². The summed E-state index contributed by atoms with van der Waals surface area (Å²) in [5.74, 6) is 1.04. The molecule has 3 nitrogen and oxygen atoms in total. The quantitative estimate of drug-likeness (QED) is 0.907. The number of aliphatic hydroxyl groups is 1. The minimum Gasteiger partial charge on any atom is -0.493 e. The Balaban J connectivity index is 1.76. The molecule has 2 atom stereocenters. The molecule has 1 fully saturated rings. The second kappa shape index (κ2) is 6.21. The Labute approximate surface area is 134 Å². The van der Waals surface area contributed by atoms with Gasteiger partial charge in [0.25, 0.3) is 0 Å². The molecule has 0 radical (unpaired) electrons. The van der Waals surface area contributed by atoms with Crippen molar-refractivity contribution in [3.8, 4) is 5.75 Å². The number of nitrogens with zero attached hydrogens (tertiary/aromatic N) is 1. The normalized spacial score (nSPS) is 26.4. The van der Waals surface area contributed by atoms with E-state index in [0.29, 0.717) is 6.61 Å². The van der Waals surface area contributed by atoms with Gasteiger partial charge in [0.1, 0.15) is 5.75 Å². The monoisotopic (exact) mass is 303 g/mol. The van der Waals surface area contributed by atoms with Gasteiger partial charge >= 0.3 is 0 Å². The van der Waals surface area contributed by atoms with Crippen molar-refractivity contribution in [3.63, 3.8) is 0 Å². The van der Waals surface area contributed by atoms with E-state index >= 15 is 0 Å². The van der Waals surface area contributed by atoms with Crippen molar-refractivity contribution in [1.29, 1.82) is 0 Å². The lowest BCUT2D eigenvalue weighted by atomic mass is 9.83. The molecule has 1 saturated heterocycles. The van der Waals surface area contributed by atoms with Crippen LogP contribution in [0, 0.1) is 5.92 Å². The number of piperidine rings is 1. The average molecular weight is 303 g/mol. The Bertz CT molecular complexity index is 515. The van der Waals surface area contributed by atoms with Gasteiger partial charge in [-0.3, -0.25) is 0 Å². The lowest BCUT2D eigenvalue weighted by Crippen LogP contribution is -2.40. The smallest absolute Gasteiger partial charge is 0.125 e. The molecule has 2 heterocycles. The number of aliphatic hydroxyl groups excluding tert-OH is 1. The maximum absolute atomic E-state index is 10.8. The Hall–Kier alpha value is -1.06. The van der Waals surface area contributed by atoms with E-state index in [-0.39, 0.29) is 11.3 Å². The first kappa shape index (κ1) is 15.8. The highest BCUT2D eigenvalue weighted by atomic mass is 16.5. The van der Waals surface area contributed by atoms with Crippen molar-refractivity contribution >= 4 is 0 Å². The topological polar surface area (TPSA) is 32.7 Å². The molecule has 0 saturated carbocycles. The fraction of sp³-hybridized carbons (Fsp3) is 0.684. The van der Waals surface area contributed by atoms with E-state index in [9.17, 15) is 5.11 Å². The summed E-state index contributed by atoms with van der Waals surface area (Å²) in [6.45, 7) is 10.5. The van der Waals surface area contributed by atoms with Crippen LogP contribution in [0.3, 0.4) is 0 Å². The number of likely N-dealkylation sites (tertiary alicyclic amines) is 1. The van der Waals surface area contributed by atoms with Gasteiger partial charge in [0, 0.05) is 18.0 Å². The van der Waals surface area contributed by atoms with Gasteiger partial charge in [0.15, 0.2) is 0 Å². The molecule has 3 rings (SSSR count). The van der Waals surface area contributed by atoms with Crippen LogP contribution in [0.4, 0.5) is 0 Å². The third kappa shape index (κ3) is 3.31. The molecular formula is C19H29NO2. The van der Waals surface area contributed by atoms with Gasteiger partial charge in [-0.05, 0) is 49.0 Å². The number of rotatable bonds is 2. The lowest BCUT2D eigenvalue weighted by molar-refractivity contribution is 0.0252. The van der Waals surface area contributed by atoms with Crippen molar-refractivity contribution in [2.24, 2.45) is 5.92 Å². The van der Waals surface area contributed by atoms with E-state index in [1.54, 1.807) is 0 Å². The zero-order chi connectivity index (χ0) is 15.7. The van der Waals surface area contributed by atoms with Gasteiger partial charge < -0.3 is 14.7 Å². The minimum atomic E-state index is -0.409. The van der Waals surface area contributed by atoms with Crippen molar-refractivity contribution < 1.29 is 9.84 Å².